The summed E-state index contributed by atoms with van der Waals surface area (Å²) in [4.78, 5) is 4.33. The zero-order chi connectivity index (χ0) is 11.1. The third kappa shape index (κ3) is 4.47. The molecule has 1 aromatic heterocycles. The summed E-state index contributed by atoms with van der Waals surface area (Å²) in [5.74, 6) is 1.19. The standard InChI is InChI=1S/C12H22N2O/c1-3-6-12-13-8-10-14(12)9-5-4-7-11(2)15/h8,10-11,15H,3-7,9H2,1-2H3. The van der Waals surface area contributed by atoms with E-state index in [2.05, 4.69) is 16.5 Å². The van der Waals surface area contributed by atoms with Crippen molar-refractivity contribution in [2.45, 2.75) is 58.6 Å². The fourth-order valence-electron chi connectivity index (χ4n) is 1.72. The lowest BCUT2D eigenvalue weighted by atomic mass is 10.2. The highest BCUT2D eigenvalue weighted by atomic mass is 16.3. The Bertz CT molecular complexity index is 268. The molecule has 3 nitrogen and oxygen atoms in total. The van der Waals surface area contributed by atoms with Crippen LogP contribution in [0.4, 0.5) is 0 Å². The Morgan fingerprint density at radius 1 is 1.47 bits per heavy atom. The van der Waals surface area contributed by atoms with Crippen molar-refractivity contribution in [2.75, 3.05) is 0 Å². The Morgan fingerprint density at radius 2 is 2.27 bits per heavy atom. The molecular formula is C12H22N2O. The molecule has 1 rings (SSSR count). The van der Waals surface area contributed by atoms with Gasteiger partial charge in [-0.05, 0) is 32.6 Å². The second-order valence-electron chi connectivity index (χ2n) is 4.13. The van der Waals surface area contributed by atoms with Crippen molar-refractivity contribution in [1.82, 2.24) is 9.55 Å². The Balaban J connectivity index is 2.27. The van der Waals surface area contributed by atoms with Crippen LogP contribution in [0.2, 0.25) is 0 Å². The summed E-state index contributed by atoms with van der Waals surface area (Å²) in [5.41, 5.74) is 0. The molecule has 0 bridgehead atoms. The van der Waals surface area contributed by atoms with Crippen LogP contribution in [0.3, 0.4) is 0 Å². The average Bonchev–Trinajstić information content (AvgIpc) is 2.61. The lowest BCUT2D eigenvalue weighted by Crippen LogP contribution is -2.04. The second kappa shape index (κ2) is 6.62. The van der Waals surface area contributed by atoms with Crippen LogP contribution in [0.5, 0.6) is 0 Å². The van der Waals surface area contributed by atoms with Crippen molar-refractivity contribution in [1.29, 1.82) is 0 Å². The predicted molar refractivity (Wildman–Crippen MR) is 61.8 cm³/mol. The van der Waals surface area contributed by atoms with Crippen LogP contribution in [-0.4, -0.2) is 20.8 Å². The molecule has 86 valence electrons. The van der Waals surface area contributed by atoms with Crippen LogP contribution < -0.4 is 0 Å². The number of hydrogen-bond acceptors (Lipinski definition) is 2. The molecule has 0 aliphatic heterocycles. The van der Waals surface area contributed by atoms with Gasteiger partial charge in [0, 0.05) is 25.4 Å². The van der Waals surface area contributed by atoms with Crippen LogP contribution in [0.25, 0.3) is 0 Å². The van der Waals surface area contributed by atoms with E-state index in [-0.39, 0.29) is 6.10 Å². The SMILES string of the molecule is CCCc1nccn1CCCCC(C)O. The first-order valence-electron chi connectivity index (χ1n) is 5.92. The Kier molecular flexibility index (Phi) is 5.40. The summed E-state index contributed by atoms with van der Waals surface area (Å²) < 4.78 is 2.23. The fourth-order valence-corrected chi connectivity index (χ4v) is 1.72. The number of aliphatic hydroxyl groups is 1. The maximum absolute atomic E-state index is 9.13. The van der Waals surface area contributed by atoms with Gasteiger partial charge in [-0.2, -0.15) is 0 Å². The third-order valence-corrected chi connectivity index (χ3v) is 2.55. The molecule has 0 aliphatic rings. The van der Waals surface area contributed by atoms with Crippen LogP contribution >= 0.6 is 0 Å². The van der Waals surface area contributed by atoms with Crippen LogP contribution in [0.1, 0.15) is 45.4 Å². The van der Waals surface area contributed by atoms with E-state index in [0.29, 0.717) is 0 Å². The minimum atomic E-state index is -0.164. The van der Waals surface area contributed by atoms with Crippen molar-refractivity contribution < 1.29 is 5.11 Å². The van der Waals surface area contributed by atoms with E-state index in [4.69, 9.17) is 5.11 Å². The summed E-state index contributed by atoms with van der Waals surface area (Å²) in [6, 6.07) is 0. The molecule has 15 heavy (non-hydrogen) atoms. The monoisotopic (exact) mass is 210 g/mol. The molecule has 1 unspecified atom stereocenters. The lowest BCUT2D eigenvalue weighted by Gasteiger charge is -2.07. The van der Waals surface area contributed by atoms with Gasteiger partial charge in [0.15, 0.2) is 0 Å². The first kappa shape index (κ1) is 12.2. The Hall–Kier alpha value is -0.830. The highest BCUT2D eigenvalue weighted by molar-refractivity contribution is 4.92. The predicted octanol–water partition coefficient (Wildman–Crippen LogP) is 2.39. The van der Waals surface area contributed by atoms with E-state index in [1.807, 2.05) is 19.3 Å². The number of imidazole rings is 1. The van der Waals surface area contributed by atoms with Gasteiger partial charge in [-0.25, -0.2) is 4.98 Å². The first-order chi connectivity index (χ1) is 7.24. The molecular weight excluding hydrogens is 188 g/mol. The third-order valence-electron chi connectivity index (χ3n) is 2.55. The van der Waals surface area contributed by atoms with E-state index < -0.39 is 0 Å². The summed E-state index contributed by atoms with van der Waals surface area (Å²) in [6.45, 7) is 5.05. The van der Waals surface area contributed by atoms with Gasteiger partial charge in [0.25, 0.3) is 0 Å². The van der Waals surface area contributed by atoms with Crippen LogP contribution in [0, 0.1) is 0 Å². The van der Waals surface area contributed by atoms with Crippen molar-refractivity contribution in [3.8, 4) is 0 Å². The van der Waals surface area contributed by atoms with Crippen LogP contribution in [0.15, 0.2) is 12.4 Å². The van der Waals surface area contributed by atoms with E-state index in [1.165, 1.54) is 5.82 Å². The molecule has 0 aromatic carbocycles. The molecule has 1 heterocycles. The van der Waals surface area contributed by atoms with Gasteiger partial charge in [-0.3, -0.25) is 0 Å². The molecule has 0 radical (unpaired) electrons. The average molecular weight is 210 g/mol. The molecule has 1 aromatic rings. The molecule has 0 fully saturated rings. The molecule has 0 spiro atoms. The Labute approximate surface area is 92.1 Å². The van der Waals surface area contributed by atoms with Gasteiger partial charge in [0.05, 0.1) is 6.10 Å². The quantitative estimate of drug-likeness (QED) is 0.702. The minimum absolute atomic E-state index is 0.164. The van der Waals surface area contributed by atoms with Crippen molar-refractivity contribution in [3.63, 3.8) is 0 Å². The van der Waals surface area contributed by atoms with Gasteiger partial charge in [-0.15, -0.1) is 0 Å². The summed E-state index contributed by atoms with van der Waals surface area (Å²) >= 11 is 0. The zero-order valence-corrected chi connectivity index (χ0v) is 9.82. The van der Waals surface area contributed by atoms with E-state index in [0.717, 1.165) is 38.6 Å². The van der Waals surface area contributed by atoms with Crippen LogP contribution in [-0.2, 0) is 13.0 Å². The lowest BCUT2D eigenvalue weighted by molar-refractivity contribution is 0.180. The zero-order valence-electron chi connectivity index (χ0n) is 9.82. The molecule has 0 aliphatic carbocycles. The fraction of sp³-hybridized carbons (Fsp3) is 0.750. The molecule has 0 saturated heterocycles. The smallest absolute Gasteiger partial charge is 0.108 e. The van der Waals surface area contributed by atoms with Crippen molar-refractivity contribution >= 4 is 0 Å². The van der Waals surface area contributed by atoms with Gasteiger partial charge >= 0.3 is 0 Å². The number of aliphatic hydroxyl groups excluding tert-OH is 1. The van der Waals surface area contributed by atoms with E-state index in [9.17, 15) is 0 Å². The number of nitrogens with zero attached hydrogens (tertiary/aromatic N) is 2. The second-order valence-corrected chi connectivity index (χ2v) is 4.13. The van der Waals surface area contributed by atoms with Crippen molar-refractivity contribution in [2.24, 2.45) is 0 Å². The van der Waals surface area contributed by atoms with E-state index in [1.54, 1.807) is 0 Å². The summed E-state index contributed by atoms with van der Waals surface area (Å²) in [5, 5.41) is 9.13. The summed E-state index contributed by atoms with van der Waals surface area (Å²) in [7, 11) is 0. The number of unbranched alkanes of at least 4 members (excludes halogenated alkanes) is 1. The minimum Gasteiger partial charge on any atom is -0.393 e. The number of aromatic nitrogens is 2. The van der Waals surface area contributed by atoms with Gasteiger partial charge in [0.2, 0.25) is 0 Å². The van der Waals surface area contributed by atoms with Gasteiger partial charge < -0.3 is 9.67 Å². The van der Waals surface area contributed by atoms with E-state index >= 15 is 0 Å². The normalized spacial score (nSPS) is 13.0. The maximum Gasteiger partial charge on any atom is 0.108 e. The first-order valence-corrected chi connectivity index (χ1v) is 5.92. The number of aryl methyl sites for hydroxylation is 2. The highest BCUT2D eigenvalue weighted by Crippen LogP contribution is 2.06. The molecule has 1 N–H and O–H groups in total. The largest absolute Gasteiger partial charge is 0.393 e. The van der Waals surface area contributed by atoms with Gasteiger partial charge in [0.1, 0.15) is 5.82 Å². The summed E-state index contributed by atoms with van der Waals surface area (Å²) in [6.07, 6.45) is 9.07. The van der Waals surface area contributed by atoms with Gasteiger partial charge in [-0.1, -0.05) is 6.92 Å². The molecule has 0 saturated carbocycles. The molecule has 1 atom stereocenters. The maximum atomic E-state index is 9.13. The number of hydrogen-bond donors (Lipinski definition) is 1. The molecule has 3 heteroatoms. The number of rotatable bonds is 7. The van der Waals surface area contributed by atoms with Crippen molar-refractivity contribution in [3.05, 3.63) is 18.2 Å². The highest BCUT2D eigenvalue weighted by Gasteiger charge is 2.01. The topological polar surface area (TPSA) is 38.0 Å². The Morgan fingerprint density at radius 3 is 2.93 bits per heavy atom. The molecule has 0 amide bonds.